The van der Waals surface area contributed by atoms with Gasteiger partial charge in [-0.3, -0.25) is 4.79 Å². The van der Waals surface area contributed by atoms with Gasteiger partial charge >= 0.3 is 12.1 Å². The summed E-state index contributed by atoms with van der Waals surface area (Å²) in [5.74, 6) is -0.0269. The summed E-state index contributed by atoms with van der Waals surface area (Å²) in [5.41, 5.74) is 0. The molecule has 0 aliphatic heterocycles. The van der Waals surface area contributed by atoms with Crippen LogP contribution in [-0.2, 0) is 9.53 Å². The Morgan fingerprint density at radius 2 is 2.06 bits per heavy atom. The number of halogens is 3. The summed E-state index contributed by atoms with van der Waals surface area (Å²) in [6, 6.07) is 0. The van der Waals surface area contributed by atoms with Crippen molar-refractivity contribution in [2.45, 2.75) is 44.5 Å². The van der Waals surface area contributed by atoms with Crippen LogP contribution in [0.4, 0.5) is 13.2 Å². The molecule has 16 heavy (non-hydrogen) atoms. The number of carbonyl (C=O) groups excluding carboxylic acids is 1. The third-order valence-electron chi connectivity index (χ3n) is 1.75. The van der Waals surface area contributed by atoms with Crippen LogP contribution in [0.2, 0.25) is 0 Å². The van der Waals surface area contributed by atoms with Gasteiger partial charge in [0.15, 0.2) is 0 Å². The Morgan fingerprint density at radius 1 is 1.44 bits per heavy atom. The van der Waals surface area contributed by atoms with Crippen molar-refractivity contribution in [3.05, 3.63) is 0 Å². The number of hydrogen-bond acceptors (Lipinski definition) is 3. The lowest BCUT2D eigenvalue weighted by atomic mass is 10.3. The van der Waals surface area contributed by atoms with E-state index in [0.29, 0.717) is 12.4 Å². The molecule has 0 saturated carbocycles. The third kappa shape index (κ3) is 8.88. The van der Waals surface area contributed by atoms with Crippen LogP contribution in [0.1, 0.15) is 33.1 Å². The van der Waals surface area contributed by atoms with E-state index in [2.05, 4.69) is 0 Å². The van der Waals surface area contributed by atoms with Gasteiger partial charge in [-0.15, -0.1) is 11.8 Å². The fourth-order valence-electron chi connectivity index (χ4n) is 0.921. The minimum Gasteiger partial charge on any atom is -0.465 e. The van der Waals surface area contributed by atoms with Gasteiger partial charge in [-0.2, -0.15) is 13.2 Å². The highest BCUT2D eigenvalue weighted by atomic mass is 32.2. The molecule has 0 aromatic rings. The Labute approximate surface area is 97.9 Å². The van der Waals surface area contributed by atoms with Crippen LogP contribution in [0.25, 0.3) is 0 Å². The van der Waals surface area contributed by atoms with Crippen molar-refractivity contribution in [1.29, 1.82) is 0 Å². The number of ether oxygens (including phenoxy) is 1. The van der Waals surface area contributed by atoms with Crippen LogP contribution in [0, 0.1) is 0 Å². The zero-order chi connectivity index (χ0) is 12.6. The van der Waals surface area contributed by atoms with E-state index in [1.165, 1.54) is 11.8 Å². The lowest BCUT2D eigenvalue weighted by molar-refractivity contribution is -0.142. The first kappa shape index (κ1) is 15.6. The molecule has 0 heterocycles. The second-order valence-electron chi connectivity index (χ2n) is 3.40. The van der Waals surface area contributed by atoms with Crippen molar-refractivity contribution >= 4 is 17.7 Å². The first-order valence-electron chi connectivity index (χ1n) is 5.21. The second kappa shape index (κ2) is 7.81. The van der Waals surface area contributed by atoms with Gasteiger partial charge in [0.2, 0.25) is 0 Å². The molecule has 6 heteroatoms. The maximum atomic E-state index is 11.8. The molecule has 0 bridgehead atoms. The summed E-state index contributed by atoms with van der Waals surface area (Å²) >= 11 is 1.20. The SMILES string of the molecule is CCCOC(=O)C(C)SCCCC(F)(F)F. The third-order valence-corrected chi connectivity index (χ3v) is 2.97. The van der Waals surface area contributed by atoms with Gasteiger partial charge in [0.25, 0.3) is 0 Å². The molecule has 0 radical (unpaired) electrons. The standard InChI is InChI=1S/C10H17F3O2S/c1-3-6-15-9(14)8(2)16-7-4-5-10(11,12)13/h8H,3-7H2,1-2H3. The predicted molar refractivity (Wildman–Crippen MR) is 58.5 cm³/mol. The molecule has 0 aromatic heterocycles. The topological polar surface area (TPSA) is 26.3 Å². The quantitative estimate of drug-likeness (QED) is 0.517. The number of esters is 1. The number of hydrogen-bond donors (Lipinski definition) is 0. The summed E-state index contributed by atoms with van der Waals surface area (Å²) in [6.45, 7) is 3.90. The number of thioether (sulfide) groups is 1. The van der Waals surface area contributed by atoms with Gasteiger partial charge in [-0.05, 0) is 25.5 Å². The molecule has 0 saturated heterocycles. The Kier molecular flexibility index (Phi) is 7.62. The molecule has 1 atom stereocenters. The molecule has 0 aromatic carbocycles. The van der Waals surface area contributed by atoms with E-state index in [9.17, 15) is 18.0 Å². The van der Waals surface area contributed by atoms with Crippen molar-refractivity contribution in [1.82, 2.24) is 0 Å². The summed E-state index contributed by atoms with van der Waals surface area (Å²) in [6.07, 6.45) is -4.11. The monoisotopic (exact) mass is 258 g/mol. The van der Waals surface area contributed by atoms with Crippen molar-refractivity contribution in [3.8, 4) is 0 Å². The maximum absolute atomic E-state index is 11.8. The fraction of sp³-hybridized carbons (Fsp3) is 0.900. The Morgan fingerprint density at radius 3 is 2.56 bits per heavy atom. The Hall–Kier alpha value is -0.390. The normalized spacial score (nSPS) is 13.6. The maximum Gasteiger partial charge on any atom is 0.389 e. The number of alkyl halides is 3. The van der Waals surface area contributed by atoms with E-state index < -0.39 is 12.6 Å². The van der Waals surface area contributed by atoms with Gasteiger partial charge in [-0.1, -0.05) is 6.92 Å². The highest BCUT2D eigenvalue weighted by Gasteiger charge is 2.26. The average Bonchev–Trinajstić information content (AvgIpc) is 2.19. The van der Waals surface area contributed by atoms with Crippen LogP contribution in [0.5, 0.6) is 0 Å². The molecule has 2 nitrogen and oxygen atoms in total. The van der Waals surface area contributed by atoms with E-state index in [4.69, 9.17) is 4.74 Å². The molecule has 0 rings (SSSR count). The number of carbonyl (C=O) groups is 1. The molecule has 0 aliphatic rings. The van der Waals surface area contributed by atoms with Crippen molar-refractivity contribution in [2.75, 3.05) is 12.4 Å². The molecule has 96 valence electrons. The van der Waals surface area contributed by atoms with Crippen molar-refractivity contribution in [2.24, 2.45) is 0 Å². The minimum absolute atomic E-state index is 0.0412. The molecule has 0 fully saturated rings. The second-order valence-corrected chi connectivity index (χ2v) is 4.85. The van der Waals surface area contributed by atoms with E-state index in [-0.39, 0.29) is 17.6 Å². The first-order chi connectivity index (χ1) is 7.37. The minimum atomic E-state index is -4.10. The van der Waals surface area contributed by atoms with Crippen LogP contribution in [0.3, 0.4) is 0 Å². The molecule has 0 aliphatic carbocycles. The van der Waals surface area contributed by atoms with Crippen molar-refractivity contribution < 1.29 is 22.7 Å². The zero-order valence-electron chi connectivity index (χ0n) is 9.47. The van der Waals surface area contributed by atoms with E-state index in [0.717, 1.165) is 6.42 Å². The summed E-state index contributed by atoms with van der Waals surface area (Å²) < 4.78 is 40.3. The average molecular weight is 258 g/mol. The summed E-state index contributed by atoms with van der Waals surface area (Å²) in [7, 11) is 0. The van der Waals surface area contributed by atoms with Crippen LogP contribution < -0.4 is 0 Å². The van der Waals surface area contributed by atoms with Crippen LogP contribution in [0.15, 0.2) is 0 Å². The van der Waals surface area contributed by atoms with Gasteiger partial charge in [0, 0.05) is 6.42 Å². The van der Waals surface area contributed by atoms with Gasteiger partial charge in [-0.25, -0.2) is 0 Å². The molecule has 0 N–H and O–H groups in total. The molecular weight excluding hydrogens is 241 g/mol. The van der Waals surface area contributed by atoms with E-state index in [1.54, 1.807) is 6.92 Å². The van der Waals surface area contributed by atoms with Gasteiger partial charge in [0.1, 0.15) is 0 Å². The summed E-state index contributed by atoms with van der Waals surface area (Å²) in [4.78, 5) is 11.2. The molecule has 0 spiro atoms. The van der Waals surface area contributed by atoms with Crippen molar-refractivity contribution in [3.63, 3.8) is 0 Å². The Balaban J connectivity index is 3.57. The smallest absolute Gasteiger partial charge is 0.389 e. The summed E-state index contributed by atoms with van der Waals surface area (Å²) in [5, 5.41) is -0.389. The molecular formula is C10H17F3O2S. The van der Waals surface area contributed by atoms with Gasteiger partial charge < -0.3 is 4.74 Å². The lowest BCUT2D eigenvalue weighted by Gasteiger charge is -2.11. The van der Waals surface area contributed by atoms with E-state index >= 15 is 0 Å². The molecule has 0 amide bonds. The fourth-order valence-corrected chi connectivity index (χ4v) is 1.79. The first-order valence-corrected chi connectivity index (χ1v) is 6.26. The molecule has 1 unspecified atom stereocenters. The zero-order valence-corrected chi connectivity index (χ0v) is 10.3. The van der Waals surface area contributed by atoms with Crippen LogP contribution in [-0.4, -0.2) is 29.8 Å². The highest BCUT2D eigenvalue weighted by Crippen LogP contribution is 2.23. The Bertz CT molecular complexity index is 207. The van der Waals surface area contributed by atoms with E-state index in [1.807, 2.05) is 6.92 Å². The highest BCUT2D eigenvalue weighted by molar-refractivity contribution is 8.00. The predicted octanol–water partition coefficient (Wildman–Crippen LogP) is 3.40. The number of rotatable bonds is 7. The van der Waals surface area contributed by atoms with Crippen LogP contribution >= 0.6 is 11.8 Å². The van der Waals surface area contributed by atoms with Gasteiger partial charge in [0.05, 0.1) is 11.9 Å². The largest absolute Gasteiger partial charge is 0.465 e. The lowest BCUT2D eigenvalue weighted by Crippen LogP contribution is -2.18.